The lowest BCUT2D eigenvalue weighted by Gasteiger charge is -2.41. The van der Waals surface area contributed by atoms with Crippen LogP contribution in [0.2, 0.25) is 0 Å². The molecule has 550 valence electrons. The predicted octanol–water partition coefficient (Wildman–Crippen LogP) is 4.06. The summed E-state index contributed by atoms with van der Waals surface area (Å²) in [4.78, 5) is 178. The van der Waals surface area contributed by atoms with Crippen LogP contribution in [0.25, 0.3) is 0 Å². The molecule has 14 atom stereocenters. The normalized spacial score (nSPS) is 27.6. The molecular formula is C71H129N13O12. The summed E-state index contributed by atoms with van der Waals surface area (Å²) in [7, 11) is 10.1. The van der Waals surface area contributed by atoms with Crippen LogP contribution >= 0.6 is 0 Å². The van der Waals surface area contributed by atoms with Gasteiger partial charge in [0.2, 0.25) is 65.0 Å². The Morgan fingerprint density at radius 2 is 0.927 bits per heavy atom. The number of amides is 11. The van der Waals surface area contributed by atoms with E-state index in [1.165, 1.54) is 99.5 Å². The van der Waals surface area contributed by atoms with Crippen LogP contribution in [-0.4, -0.2) is 275 Å². The van der Waals surface area contributed by atoms with Crippen LogP contribution in [0.15, 0.2) is 12.2 Å². The fraction of sp³-hybridized carbons (Fsp3) is 0.817. The highest BCUT2D eigenvalue weighted by Gasteiger charge is 2.46. The van der Waals surface area contributed by atoms with Crippen molar-refractivity contribution in [1.29, 1.82) is 0 Å². The number of hydrogen-bond donors (Lipinski definition) is 5. The third kappa shape index (κ3) is 23.8. The average molecular weight is 1360 g/mol. The number of aliphatic hydroxyl groups excluding tert-OH is 1. The second-order valence-electron chi connectivity index (χ2n) is 29.5. The molecule has 0 aromatic rings. The molecule has 2 saturated heterocycles. The van der Waals surface area contributed by atoms with E-state index < -0.39 is 161 Å². The first kappa shape index (κ1) is 85.9. The molecule has 0 bridgehead atoms. The Morgan fingerprint density at radius 1 is 0.469 bits per heavy atom. The maximum Gasteiger partial charge on any atom is 0.246 e. The highest BCUT2D eigenvalue weighted by Crippen LogP contribution is 2.27. The minimum absolute atomic E-state index is 0.0823. The van der Waals surface area contributed by atoms with E-state index in [1.807, 2.05) is 68.4 Å². The van der Waals surface area contributed by atoms with E-state index in [0.717, 1.165) is 44.2 Å². The van der Waals surface area contributed by atoms with E-state index in [1.54, 1.807) is 40.7 Å². The number of allylic oxidation sites excluding steroid dienone is 2. The lowest BCUT2D eigenvalue weighted by molar-refractivity contribution is -0.157. The molecule has 2 fully saturated rings. The lowest BCUT2D eigenvalue weighted by atomic mass is 9.91. The lowest BCUT2D eigenvalue weighted by Crippen LogP contribution is -2.64. The molecule has 11 amide bonds. The summed E-state index contributed by atoms with van der Waals surface area (Å²) in [5.41, 5.74) is 0. The van der Waals surface area contributed by atoms with E-state index >= 15 is 33.6 Å². The van der Waals surface area contributed by atoms with Crippen molar-refractivity contribution in [3.63, 3.8) is 0 Å². The van der Waals surface area contributed by atoms with Crippen LogP contribution in [0.5, 0.6) is 0 Å². The number of likely N-dealkylation sites (N-methyl/N-ethyl adjacent to an activating group) is 8. The van der Waals surface area contributed by atoms with Gasteiger partial charge in [0.1, 0.15) is 66.5 Å². The molecule has 0 aromatic carbocycles. The molecule has 0 spiro atoms. The van der Waals surface area contributed by atoms with Gasteiger partial charge in [-0.1, -0.05) is 116 Å². The van der Waals surface area contributed by atoms with Gasteiger partial charge in [-0.05, 0) is 127 Å². The number of hydrogen-bond acceptors (Lipinski definition) is 14. The fourth-order valence-electron chi connectivity index (χ4n) is 13.1. The highest BCUT2D eigenvalue weighted by atomic mass is 16.3. The summed E-state index contributed by atoms with van der Waals surface area (Å²) in [5.74, 6) is -10.0. The van der Waals surface area contributed by atoms with Crippen molar-refractivity contribution >= 4 is 65.0 Å². The van der Waals surface area contributed by atoms with Crippen LogP contribution in [0.1, 0.15) is 176 Å². The van der Waals surface area contributed by atoms with Crippen molar-refractivity contribution in [1.82, 2.24) is 65.4 Å². The van der Waals surface area contributed by atoms with Gasteiger partial charge in [-0.15, -0.1) is 0 Å². The van der Waals surface area contributed by atoms with Gasteiger partial charge in [0.15, 0.2) is 0 Å². The molecule has 2 aliphatic rings. The molecular weight excluding hydrogens is 1230 g/mol. The van der Waals surface area contributed by atoms with Gasteiger partial charge in [-0.3, -0.25) is 52.7 Å². The summed E-state index contributed by atoms with van der Waals surface area (Å²) < 4.78 is 0. The second-order valence-corrected chi connectivity index (χ2v) is 29.5. The maximum absolute atomic E-state index is 15.4. The van der Waals surface area contributed by atoms with Crippen LogP contribution in [0, 0.1) is 41.4 Å². The van der Waals surface area contributed by atoms with Crippen molar-refractivity contribution < 1.29 is 57.8 Å². The van der Waals surface area contributed by atoms with E-state index in [4.69, 9.17) is 0 Å². The Balaban J connectivity index is 3.05. The highest BCUT2D eigenvalue weighted by molar-refractivity contribution is 6.00. The van der Waals surface area contributed by atoms with Gasteiger partial charge in [0.05, 0.1) is 6.10 Å². The molecule has 96 heavy (non-hydrogen) atoms. The van der Waals surface area contributed by atoms with Crippen molar-refractivity contribution in [2.45, 2.75) is 249 Å². The standard InChI is InChI=1S/C71H129N13O12/c1-26-29-32-48(15)60(85)59-64(89)74-52(31-27-2)67(92)76(19)51(18)66(91)81(24)58(47(14)33-30-34-84-37-35-83(28-3)36-38-84)63(88)75-56(45(10)11)70(95)77(20)53(39-42(4)5)62(87)72-49(16)61(86)73-50(17)65(90)78(21)54(40-43(6)7)68(93)79(22)55(41-44(8)9)69(94)80(23)57(46(12)13)71(96)82(59)25/h26,29,42-60,85H,27-28,30-41H2,1-25H3,(H,72,87)(H,73,86)(H,74,89)(H,75,88)/b29-26+/t47-,48-,49+,50-,51-,52+,53+,54+,55+,56+,57+,58+,59+,60-/m1/s1. The van der Waals surface area contributed by atoms with Crippen LogP contribution in [-0.2, 0) is 52.7 Å². The summed E-state index contributed by atoms with van der Waals surface area (Å²) >= 11 is 0. The van der Waals surface area contributed by atoms with E-state index in [0.29, 0.717) is 25.7 Å². The van der Waals surface area contributed by atoms with Gasteiger partial charge in [0.25, 0.3) is 0 Å². The zero-order chi connectivity index (χ0) is 73.7. The molecule has 0 unspecified atom stereocenters. The largest absolute Gasteiger partial charge is 0.390 e. The van der Waals surface area contributed by atoms with Gasteiger partial charge in [-0.2, -0.15) is 0 Å². The van der Waals surface area contributed by atoms with E-state index in [-0.39, 0.29) is 43.4 Å². The minimum atomic E-state index is -1.62. The number of piperazine rings is 1. The van der Waals surface area contributed by atoms with Gasteiger partial charge in [-0.25, -0.2) is 0 Å². The minimum Gasteiger partial charge on any atom is -0.390 e. The summed E-state index contributed by atoms with van der Waals surface area (Å²) in [6.45, 7) is 37.4. The molecule has 0 saturated carbocycles. The molecule has 25 nitrogen and oxygen atoms in total. The van der Waals surface area contributed by atoms with Gasteiger partial charge >= 0.3 is 0 Å². The molecule has 0 aromatic heterocycles. The number of carbonyl (C=O) groups excluding carboxylic acids is 11. The smallest absolute Gasteiger partial charge is 0.246 e. The summed E-state index contributed by atoms with van der Waals surface area (Å²) in [6, 6.07) is -13.7. The van der Waals surface area contributed by atoms with Crippen LogP contribution in [0.3, 0.4) is 0 Å². The SMILES string of the molecule is C/C=C/C[C@@H](C)[C@@H](O)[C@H]1C(=O)N[C@@H](CCC)C(=O)N(C)[C@H](C)C(=O)N(C)[C@@H]([C@H](C)CCCN2CCN(CC)CC2)C(=O)N[C@@H](C(C)C)C(=O)N(C)[C@@H](CC(C)C)C(=O)N[C@@H](C)C(=O)N[C@H](C)C(=O)N(C)[C@@H](CC(C)C)C(=O)N(C)[C@@H](CC(C)C)C(=O)N(C)[C@@H](C(C)C)C(=O)N1C. The Kier molecular flexibility index (Phi) is 35.8. The van der Waals surface area contributed by atoms with Crippen LogP contribution in [0.4, 0.5) is 0 Å². The molecule has 5 N–H and O–H groups in total. The van der Waals surface area contributed by atoms with Gasteiger partial charge < -0.3 is 70.5 Å². The van der Waals surface area contributed by atoms with E-state index in [9.17, 15) is 24.3 Å². The second kappa shape index (κ2) is 40.0. The summed E-state index contributed by atoms with van der Waals surface area (Å²) in [5, 5.41) is 23.6. The zero-order valence-corrected chi connectivity index (χ0v) is 63.5. The molecule has 2 heterocycles. The quantitative estimate of drug-likeness (QED) is 0.108. The first-order valence-corrected chi connectivity index (χ1v) is 35.5. The molecule has 0 aliphatic carbocycles. The van der Waals surface area contributed by atoms with Crippen molar-refractivity contribution in [2.75, 3.05) is 88.6 Å². The predicted molar refractivity (Wildman–Crippen MR) is 375 cm³/mol. The first-order chi connectivity index (χ1) is 44.6. The molecule has 25 heteroatoms. The molecule has 2 aliphatic heterocycles. The van der Waals surface area contributed by atoms with Crippen molar-refractivity contribution in [3.05, 3.63) is 12.2 Å². The third-order valence-corrected chi connectivity index (χ3v) is 19.5. The van der Waals surface area contributed by atoms with E-state index in [2.05, 4.69) is 38.0 Å². The molecule has 2 rings (SSSR count). The monoisotopic (exact) mass is 1360 g/mol. The van der Waals surface area contributed by atoms with Crippen molar-refractivity contribution in [3.8, 4) is 0 Å². The fourth-order valence-corrected chi connectivity index (χ4v) is 13.1. The zero-order valence-electron chi connectivity index (χ0n) is 63.5. The number of rotatable bonds is 20. The first-order valence-electron chi connectivity index (χ1n) is 35.5. The van der Waals surface area contributed by atoms with Gasteiger partial charge in [0, 0.05) is 75.5 Å². The maximum atomic E-state index is 15.4. The average Bonchev–Trinajstić information content (AvgIpc) is 0.812. The summed E-state index contributed by atoms with van der Waals surface area (Å²) in [6.07, 6.45) is 4.51. The number of nitrogens with zero attached hydrogens (tertiary/aromatic N) is 9. The van der Waals surface area contributed by atoms with Crippen LogP contribution < -0.4 is 21.3 Å². The Morgan fingerprint density at radius 3 is 1.42 bits per heavy atom. The Bertz CT molecular complexity index is 2610. The number of aliphatic hydroxyl groups is 1. The molecule has 0 radical (unpaired) electrons. The Hall–Kier alpha value is -6.21. The number of carbonyl (C=O) groups is 11. The number of nitrogens with one attached hydrogen (secondary N) is 4. The van der Waals surface area contributed by atoms with Crippen molar-refractivity contribution in [2.24, 2.45) is 41.4 Å². The topological polar surface area (TPSA) is 285 Å². The Labute approximate surface area is 576 Å². The third-order valence-electron chi connectivity index (χ3n) is 19.5.